The fourth-order valence-electron chi connectivity index (χ4n) is 3.31. The van der Waals surface area contributed by atoms with Crippen molar-refractivity contribution >= 4 is 72.1 Å². The second-order valence-corrected chi connectivity index (χ2v) is 9.32. The molecule has 0 fully saturated rings. The van der Waals surface area contributed by atoms with E-state index in [2.05, 4.69) is 15.4 Å². The lowest BCUT2D eigenvalue weighted by Crippen LogP contribution is -2.09. The van der Waals surface area contributed by atoms with Crippen LogP contribution < -0.4 is 15.4 Å². The number of benzene rings is 3. The summed E-state index contributed by atoms with van der Waals surface area (Å²) >= 11 is 6.18. The van der Waals surface area contributed by atoms with Gasteiger partial charge in [0.05, 0.1) is 23.0 Å². The van der Waals surface area contributed by atoms with E-state index in [1.54, 1.807) is 42.5 Å². The summed E-state index contributed by atoms with van der Waals surface area (Å²) in [7, 11) is -3.34. The fourth-order valence-corrected chi connectivity index (χ4v) is 4.05. The highest BCUT2D eigenvalue weighted by atomic mass is 35.5. The van der Waals surface area contributed by atoms with E-state index in [9.17, 15) is 13.2 Å². The van der Waals surface area contributed by atoms with Crippen molar-refractivity contribution in [2.45, 2.75) is 6.92 Å². The van der Waals surface area contributed by atoms with Crippen molar-refractivity contribution in [3.8, 4) is 0 Å². The molecule has 31 heavy (non-hydrogen) atoms. The van der Waals surface area contributed by atoms with E-state index in [0.29, 0.717) is 27.4 Å². The van der Waals surface area contributed by atoms with Crippen LogP contribution in [-0.4, -0.2) is 25.6 Å². The number of halogens is 1. The number of nitrogens with one attached hydrogen (secondary N) is 3. The first kappa shape index (κ1) is 20.9. The summed E-state index contributed by atoms with van der Waals surface area (Å²) in [6.45, 7) is 1.45. The van der Waals surface area contributed by atoms with Crippen molar-refractivity contribution in [1.82, 2.24) is 4.98 Å². The Morgan fingerprint density at radius 2 is 1.45 bits per heavy atom. The van der Waals surface area contributed by atoms with E-state index in [-0.39, 0.29) is 5.91 Å². The number of fused-ring (bicyclic) bond motifs is 2. The van der Waals surface area contributed by atoms with Crippen LogP contribution in [0.25, 0.3) is 21.8 Å². The highest BCUT2D eigenvalue weighted by Crippen LogP contribution is 2.35. The molecule has 0 aliphatic rings. The Morgan fingerprint density at radius 3 is 2.10 bits per heavy atom. The molecule has 4 aromatic rings. The van der Waals surface area contributed by atoms with Crippen LogP contribution >= 0.6 is 11.6 Å². The molecule has 3 N–H and O–H groups in total. The molecule has 0 atom stereocenters. The van der Waals surface area contributed by atoms with E-state index in [4.69, 9.17) is 16.6 Å². The van der Waals surface area contributed by atoms with Crippen molar-refractivity contribution in [3.63, 3.8) is 0 Å². The van der Waals surface area contributed by atoms with Gasteiger partial charge in [0.1, 0.15) is 0 Å². The van der Waals surface area contributed by atoms with Crippen LogP contribution in [0.2, 0.25) is 5.02 Å². The van der Waals surface area contributed by atoms with E-state index in [0.717, 1.165) is 28.4 Å². The number of hydrogen-bond donors (Lipinski definition) is 3. The molecule has 0 bridgehead atoms. The third-order valence-corrected chi connectivity index (χ3v) is 5.36. The van der Waals surface area contributed by atoms with Crippen molar-refractivity contribution in [2.75, 3.05) is 21.6 Å². The number of carbonyl (C=O) groups excluding carboxylic acids is 1. The predicted octanol–water partition coefficient (Wildman–Crippen LogP) is 5.11. The lowest BCUT2D eigenvalue weighted by atomic mass is 10.1. The third-order valence-electron chi connectivity index (χ3n) is 4.51. The van der Waals surface area contributed by atoms with Crippen LogP contribution in [0.4, 0.5) is 22.7 Å². The van der Waals surface area contributed by atoms with Crippen LogP contribution in [0.1, 0.15) is 6.92 Å². The lowest BCUT2D eigenvalue weighted by Gasteiger charge is -2.15. The number of rotatable bonds is 5. The molecule has 0 unspecified atom stereocenters. The monoisotopic (exact) mass is 454 g/mol. The van der Waals surface area contributed by atoms with Crippen LogP contribution in [-0.2, 0) is 14.8 Å². The first-order valence-electron chi connectivity index (χ1n) is 9.33. The Hall–Kier alpha value is -3.36. The van der Waals surface area contributed by atoms with Gasteiger partial charge in [-0.25, -0.2) is 13.4 Å². The molecular weight excluding hydrogens is 436 g/mol. The quantitative estimate of drug-likeness (QED) is 0.363. The summed E-state index contributed by atoms with van der Waals surface area (Å²) < 4.78 is 25.3. The van der Waals surface area contributed by atoms with Crippen molar-refractivity contribution < 1.29 is 13.2 Å². The summed E-state index contributed by atoms with van der Waals surface area (Å²) in [6, 6.07) is 17.9. The Kier molecular flexibility index (Phi) is 5.43. The number of nitrogens with zero attached hydrogens (tertiary/aromatic N) is 1. The maximum absolute atomic E-state index is 11.4. The molecule has 158 valence electrons. The molecule has 7 nitrogen and oxygen atoms in total. The number of hydrogen-bond acceptors (Lipinski definition) is 5. The average molecular weight is 455 g/mol. The summed E-state index contributed by atoms with van der Waals surface area (Å²) in [6.07, 6.45) is 1.11. The third kappa shape index (κ3) is 4.87. The summed E-state index contributed by atoms with van der Waals surface area (Å²) in [5.74, 6) is -0.163. The van der Waals surface area contributed by atoms with Gasteiger partial charge in [0.15, 0.2) is 0 Å². The highest BCUT2D eigenvalue weighted by Gasteiger charge is 2.12. The molecular formula is C22H19ClN4O3S. The number of pyridine rings is 1. The minimum Gasteiger partial charge on any atom is -0.354 e. The second kappa shape index (κ2) is 8.05. The molecule has 0 spiro atoms. The Bertz CT molecular complexity index is 1420. The minimum atomic E-state index is -3.34. The smallest absolute Gasteiger partial charge is 0.229 e. The van der Waals surface area contributed by atoms with Crippen LogP contribution in [0, 0.1) is 0 Å². The maximum Gasteiger partial charge on any atom is 0.229 e. The molecule has 0 aliphatic heterocycles. The van der Waals surface area contributed by atoms with E-state index in [1.807, 2.05) is 18.2 Å². The molecule has 1 amide bonds. The zero-order valence-electron chi connectivity index (χ0n) is 16.7. The Morgan fingerprint density at radius 1 is 0.871 bits per heavy atom. The van der Waals surface area contributed by atoms with Crippen LogP contribution in [0.3, 0.4) is 0 Å². The number of aromatic nitrogens is 1. The van der Waals surface area contributed by atoms with E-state index >= 15 is 0 Å². The van der Waals surface area contributed by atoms with Gasteiger partial charge < -0.3 is 10.6 Å². The van der Waals surface area contributed by atoms with Gasteiger partial charge in [0.2, 0.25) is 15.9 Å². The largest absolute Gasteiger partial charge is 0.354 e. The number of anilines is 4. The van der Waals surface area contributed by atoms with E-state index in [1.165, 1.54) is 6.92 Å². The van der Waals surface area contributed by atoms with Gasteiger partial charge in [-0.2, -0.15) is 0 Å². The van der Waals surface area contributed by atoms with Gasteiger partial charge in [-0.3, -0.25) is 9.52 Å². The average Bonchev–Trinajstić information content (AvgIpc) is 2.67. The number of sulfonamides is 1. The van der Waals surface area contributed by atoms with Gasteiger partial charge in [-0.05, 0) is 60.7 Å². The summed E-state index contributed by atoms with van der Waals surface area (Å²) in [5, 5.41) is 8.49. The first-order chi connectivity index (χ1) is 14.7. The molecule has 1 aromatic heterocycles. The zero-order chi connectivity index (χ0) is 22.2. The molecule has 4 rings (SSSR count). The molecule has 9 heteroatoms. The standard InChI is InChI=1S/C22H19ClN4O3S/c1-13(28)24-17-8-10-19-21(12-17)26-20-11-14(23)3-9-18(20)22(19)25-15-4-6-16(7-5-15)27-31(2,29)30/h3-12,27H,1-2H3,(H,24,28)(H,25,26). The SMILES string of the molecule is CC(=O)Nc1ccc2c(Nc3ccc(NS(C)(=O)=O)cc3)c3ccc(Cl)cc3nc2c1. The van der Waals surface area contributed by atoms with Crippen LogP contribution in [0.15, 0.2) is 60.7 Å². The first-order valence-corrected chi connectivity index (χ1v) is 11.6. The zero-order valence-corrected chi connectivity index (χ0v) is 18.3. The molecule has 3 aromatic carbocycles. The maximum atomic E-state index is 11.4. The summed E-state index contributed by atoms with van der Waals surface area (Å²) in [4.78, 5) is 16.1. The van der Waals surface area contributed by atoms with E-state index < -0.39 is 10.0 Å². The molecule has 0 aliphatic carbocycles. The van der Waals surface area contributed by atoms with Crippen molar-refractivity contribution in [2.24, 2.45) is 0 Å². The number of carbonyl (C=O) groups is 1. The summed E-state index contributed by atoms with van der Waals surface area (Å²) in [5.41, 5.74) is 4.13. The Balaban J connectivity index is 1.81. The van der Waals surface area contributed by atoms with Gasteiger partial charge in [-0.15, -0.1) is 0 Å². The predicted molar refractivity (Wildman–Crippen MR) is 127 cm³/mol. The normalized spacial score (nSPS) is 11.5. The molecule has 0 saturated heterocycles. The highest BCUT2D eigenvalue weighted by molar-refractivity contribution is 7.92. The number of amides is 1. The minimum absolute atomic E-state index is 0.163. The second-order valence-electron chi connectivity index (χ2n) is 7.14. The van der Waals surface area contributed by atoms with Crippen molar-refractivity contribution in [3.05, 3.63) is 65.7 Å². The fraction of sp³-hybridized carbons (Fsp3) is 0.0909. The lowest BCUT2D eigenvalue weighted by molar-refractivity contribution is -0.114. The topological polar surface area (TPSA) is 100 Å². The molecule has 0 radical (unpaired) electrons. The van der Waals surface area contributed by atoms with Gasteiger partial charge in [-0.1, -0.05) is 11.6 Å². The van der Waals surface area contributed by atoms with Crippen LogP contribution in [0.5, 0.6) is 0 Å². The van der Waals surface area contributed by atoms with Crippen molar-refractivity contribution in [1.29, 1.82) is 0 Å². The van der Waals surface area contributed by atoms with Gasteiger partial charge in [0, 0.05) is 39.8 Å². The molecule has 1 heterocycles. The van der Waals surface area contributed by atoms with Gasteiger partial charge >= 0.3 is 0 Å². The van der Waals surface area contributed by atoms with Gasteiger partial charge in [0.25, 0.3) is 0 Å². The molecule has 0 saturated carbocycles. The Labute approximate surface area is 184 Å².